The Hall–Kier alpha value is -3.60. The zero-order valence-electron chi connectivity index (χ0n) is 15.0. The Kier molecular flexibility index (Phi) is 4.58. The van der Waals surface area contributed by atoms with Gasteiger partial charge in [0, 0.05) is 11.1 Å². The van der Waals surface area contributed by atoms with Crippen molar-refractivity contribution in [1.82, 2.24) is 9.97 Å². The van der Waals surface area contributed by atoms with Crippen LogP contribution in [0.15, 0.2) is 73.1 Å². The lowest BCUT2D eigenvalue weighted by Crippen LogP contribution is -2.04. The molecule has 3 N–H and O–H groups in total. The molecule has 0 aliphatic carbocycles. The molecule has 0 aliphatic heterocycles. The molecule has 5 nitrogen and oxygen atoms in total. The van der Waals surface area contributed by atoms with Crippen molar-refractivity contribution in [1.29, 1.82) is 0 Å². The maximum Gasteiger partial charge on any atom is 0.248 e. The first-order valence-corrected chi connectivity index (χ1v) is 8.87. The van der Waals surface area contributed by atoms with Crippen molar-refractivity contribution in [3.05, 3.63) is 78.6 Å². The Balaban J connectivity index is 1.68. The molecule has 134 valence electrons. The number of ether oxygens (including phenoxy) is 1. The van der Waals surface area contributed by atoms with E-state index in [1.165, 1.54) is 11.9 Å². The molecule has 4 rings (SSSR count). The van der Waals surface area contributed by atoms with Gasteiger partial charge in [0.15, 0.2) is 5.82 Å². The van der Waals surface area contributed by atoms with Gasteiger partial charge in [0.1, 0.15) is 17.8 Å². The molecule has 4 aromatic rings. The Morgan fingerprint density at radius 3 is 2.59 bits per heavy atom. The van der Waals surface area contributed by atoms with E-state index in [1.54, 1.807) is 0 Å². The monoisotopic (exact) mass is 356 g/mol. The highest BCUT2D eigenvalue weighted by Crippen LogP contribution is 2.34. The Labute approximate surface area is 157 Å². The fraction of sp³-hybridized carbons (Fsp3) is 0.0909. The van der Waals surface area contributed by atoms with Crippen LogP contribution in [0.25, 0.3) is 10.8 Å². The van der Waals surface area contributed by atoms with Crippen molar-refractivity contribution in [3.8, 4) is 11.6 Å². The summed E-state index contributed by atoms with van der Waals surface area (Å²) in [6.45, 7) is 2.11. The van der Waals surface area contributed by atoms with E-state index < -0.39 is 0 Å². The molecule has 1 heterocycles. The SMILES string of the molecule is CCc1ccccc1Nc1ncnc(Oc2cccc3ccccc23)c1N. The van der Waals surface area contributed by atoms with Gasteiger partial charge in [0.2, 0.25) is 5.88 Å². The summed E-state index contributed by atoms with van der Waals surface area (Å²) in [5.41, 5.74) is 8.83. The predicted molar refractivity (Wildman–Crippen MR) is 110 cm³/mol. The first-order valence-electron chi connectivity index (χ1n) is 8.87. The summed E-state index contributed by atoms with van der Waals surface area (Å²) in [6.07, 6.45) is 2.36. The molecule has 0 saturated heterocycles. The number of benzene rings is 3. The molecule has 3 aromatic carbocycles. The van der Waals surface area contributed by atoms with Crippen LogP contribution in [0, 0.1) is 0 Å². The van der Waals surface area contributed by atoms with E-state index >= 15 is 0 Å². The van der Waals surface area contributed by atoms with Gasteiger partial charge in [-0.05, 0) is 29.5 Å². The van der Waals surface area contributed by atoms with Crippen LogP contribution >= 0.6 is 0 Å². The average Bonchev–Trinajstić information content (AvgIpc) is 2.71. The van der Waals surface area contributed by atoms with Crippen LogP contribution in [-0.4, -0.2) is 9.97 Å². The standard InChI is InChI=1S/C22H20N4O/c1-2-15-8-4-6-12-18(15)26-21-20(23)22(25-14-24-21)27-19-13-7-10-16-9-3-5-11-17(16)19/h3-14H,2,23H2,1H3,(H,24,25,26). The molecule has 5 heteroatoms. The maximum absolute atomic E-state index is 6.30. The zero-order chi connectivity index (χ0) is 18.6. The van der Waals surface area contributed by atoms with Crippen LogP contribution in [0.1, 0.15) is 12.5 Å². The van der Waals surface area contributed by atoms with Crippen LogP contribution in [0.5, 0.6) is 11.6 Å². The molecule has 0 unspecified atom stereocenters. The van der Waals surface area contributed by atoms with Crippen molar-refractivity contribution in [3.63, 3.8) is 0 Å². The molecule has 0 bridgehead atoms. The van der Waals surface area contributed by atoms with Crippen molar-refractivity contribution in [2.45, 2.75) is 13.3 Å². The molecular weight excluding hydrogens is 336 g/mol. The van der Waals surface area contributed by atoms with E-state index in [2.05, 4.69) is 28.3 Å². The predicted octanol–water partition coefficient (Wildman–Crippen LogP) is 5.31. The first kappa shape index (κ1) is 16.8. The molecule has 0 fully saturated rings. The topological polar surface area (TPSA) is 73.1 Å². The number of nitrogens with one attached hydrogen (secondary N) is 1. The average molecular weight is 356 g/mol. The van der Waals surface area contributed by atoms with Gasteiger partial charge in [-0.2, -0.15) is 4.98 Å². The van der Waals surface area contributed by atoms with Crippen LogP contribution < -0.4 is 15.8 Å². The van der Waals surface area contributed by atoms with Gasteiger partial charge in [0.05, 0.1) is 0 Å². The van der Waals surface area contributed by atoms with Crippen molar-refractivity contribution in [2.24, 2.45) is 0 Å². The van der Waals surface area contributed by atoms with Gasteiger partial charge in [-0.1, -0.05) is 61.5 Å². The van der Waals surface area contributed by atoms with Crippen molar-refractivity contribution < 1.29 is 4.74 Å². The maximum atomic E-state index is 6.30. The molecule has 0 aliphatic rings. The normalized spacial score (nSPS) is 10.7. The Morgan fingerprint density at radius 1 is 0.926 bits per heavy atom. The Bertz CT molecular complexity index is 1090. The number of nitrogen functional groups attached to an aromatic ring is 1. The summed E-state index contributed by atoms with van der Waals surface area (Å²) in [5, 5.41) is 5.40. The van der Waals surface area contributed by atoms with Crippen molar-refractivity contribution in [2.75, 3.05) is 11.1 Å². The number of nitrogens with two attached hydrogens (primary N) is 1. The highest BCUT2D eigenvalue weighted by molar-refractivity contribution is 5.88. The number of para-hydroxylation sites is 1. The van der Waals surface area contributed by atoms with Crippen LogP contribution in [0.3, 0.4) is 0 Å². The summed E-state index contributed by atoms with van der Waals surface area (Å²) in [5.74, 6) is 1.57. The minimum Gasteiger partial charge on any atom is -0.436 e. The molecule has 0 amide bonds. The third-order valence-corrected chi connectivity index (χ3v) is 4.45. The van der Waals surface area contributed by atoms with Crippen LogP contribution in [0.4, 0.5) is 17.2 Å². The second-order valence-electron chi connectivity index (χ2n) is 6.16. The van der Waals surface area contributed by atoms with Gasteiger partial charge in [-0.3, -0.25) is 0 Å². The molecule has 0 spiro atoms. The van der Waals surface area contributed by atoms with Gasteiger partial charge >= 0.3 is 0 Å². The number of fused-ring (bicyclic) bond motifs is 1. The quantitative estimate of drug-likeness (QED) is 0.507. The second-order valence-corrected chi connectivity index (χ2v) is 6.16. The summed E-state index contributed by atoms with van der Waals surface area (Å²) in [4.78, 5) is 8.51. The van der Waals surface area contributed by atoms with E-state index in [1.807, 2.05) is 60.7 Å². The van der Waals surface area contributed by atoms with Gasteiger partial charge in [-0.15, -0.1) is 0 Å². The smallest absolute Gasteiger partial charge is 0.248 e. The molecule has 0 saturated carbocycles. The summed E-state index contributed by atoms with van der Waals surface area (Å²) >= 11 is 0. The number of nitrogens with zero attached hydrogens (tertiary/aromatic N) is 2. The molecule has 27 heavy (non-hydrogen) atoms. The van der Waals surface area contributed by atoms with Crippen molar-refractivity contribution >= 4 is 28.0 Å². The fourth-order valence-electron chi connectivity index (χ4n) is 3.03. The van der Waals surface area contributed by atoms with Crippen LogP contribution in [0.2, 0.25) is 0 Å². The van der Waals surface area contributed by atoms with E-state index in [-0.39, 0.29) is 0 Å². The number of rotatable bonds is 5. The Morgan fingerprint density at radius 2 is 1.70 bits per heavy atom. The van der Waals surface area contributed by atoms with Gasteiger partial charge < -0.3 is 15.8 Å². The fourth-order valence-corrected chi connectivity index (χ4v) is 3.03. The number of hydrogen-bond donors (Lipinski definition) is 2. The second kappa shape index (κ2) is 7.33. The van der Waals surface area contributed by atoms with E-state index in [0.29, 0.717) is 23.1 Å². The highest BCUT2D eigenvalue weighted by atomic mass is 16.5. The lowest BCUT2D eigenvalue weighted by atomic mass is 10.1. The van der Waals surface area contributed by atoms with E-state index in [4.69, 9.17) is 10.5 Å². The van der Waals surface area contributed by atoms with Gasteiger partial charge in [-0.25, -0.2) is 4.98 Å². The highest BCUT2D eigenvalue weighted by Gasteiger charge is 2.13. The molecule has 1 aromatic heterocycles. The third-order valence-electron chi connectivity index (χ3n) is 4.45. The summed E-state index contributed by atoms with van der Waals surface area (Å²) in [6, 6.07) is 22.0. The number of aromatic nitrogens is 2. The third kappa shape index (κ3) is 3.40. The van der Waals surface area contributed by atoms with E-state index in [9.17, 15) is 0 Å². The first-order chi connectivity index (χ1) is 13.3. The number of hydrogen-bond acceptors (Lipinski definition) is 5. The summed E-state index contributed by atoms with van der Waals surface area (Å²) in [7, 11) is 0. The van der Waals surface area contributed by atoms with Crippen LogP contribution in [-0.2, 0) is 6.42 Å². The lowest BCUT2D eigenvalue weighted by Gasteiger charge is -2.14. The summed E-state index contributed by atoms with van der Waals surface area (Å²) < 4.78 is 6.04. The molecule has 0 atom stereocenters. The zero-order valence-corrected chi connectivity index (χ0v) is 15.0. The lowest BCUT2D eigenvalue weighted by molar-refractivity contribution is 0.470. The largest absolute Gasteiger partial charge is 0.436 e. The molecular formula is C22H20N4O. The minimum absolute atomic E-state index is 0.331. The minimum atomic E-state index is 0.331. The molecule has 0 radical (unpaired) electrons. The number of anilines is 3. The van der Waals surface area contributed by atoms with E-state index in [0.717, 1.165) is 22.9 Å². The van der Waals surface area contributed by atoms with Gasteiger partial charge in [0.25, 0.3) is 0 Å². The number of aryl methyl sites for hydroxylation is 1.